The molecule has 4 aromatic rings. The van der Waals surface area contributed by atoms with Crippen molar-refractivity contribution in [2.45, 2.75) is 27.3 Å². The monoisotopic (exact) mass is 420 g/mol. The van der Waals surface area contributed by atoms with Gasteiger partial charge in [-0.3, -0.25) is 14.2 Å². The molecule has 0 radical (unpaired) electrons. The van der Waals surface area contributed by atoms with Crippen molar-refractivity contribution in [2.24, 2.45) is 0 Å². The van der Waals surface area contributed by atoms with Crippen LogP contribution >= 0.6 is 11.6 Å². The number of anilines is 1. The lowest BCUT2D eigenvalue weighted by molar-refractivity contribution is -0.116. The van der Waals surface area contributed by atoms with Gasteiger partial charge in [-0.2, -0.15) is 5.10 Å². The maximum absolute atomic E-state index is 12.9. The summed E-state index contributed by atoms with van der Waals surface area (Å²) < 4.78 is 3.19. The number of nitrogens with zero attached hydrogens (tertiary/aromatic N) is 3. The van der Waals surface area contributed by atoms with E-state index in [4.69, 9.17) is 11.6 Å². The number of aryl methyl sites for hydroxylation is 3. The maximum atomic E-state index is 12.9. The Morgan fingerprint density at radius 2 is 1.80 bits per heavy atom. The molecule has 4 rings (SSSR count). The topological polar surface area (TPSA) is 68.9 Å². The highest BCUT2D eigenvalue weighted by molar-refractivity contribution is 6.30. The predicted molar refractivity (Wildman–Crippen MR) is 120 cm³/mol. The van der Waals surface area contributed by atoms with E-state index in [9.17, 15) is 9.59 Å². The molecule has 0 saturated carbocycles. The normalized spacial score (nSPS) is 11.1. The van der Waals surface area contributed by atoms with Crippen LogP contribution in [-0.2, 0) is 11.3 Å². The zero-order chi connectivity index (χ0) is 21.4. The van der Waals surface area contributed by atoms with Crippen molar-refractivity contribution >= 4 is 34.2 Å². The van der Waals surface area contributed by atoms with Crippen molar-refractivity contribution in [1.29, 1.82) is 0 Å². The molecule has 0 aliphatic heterocycles. The first-order valence-electron chi connectivity index (χ1n) is 9.56. The average molecular weight is 421 g/mol. The van der Waals surface area contributed by atoms with Gasteiger partial charge in [0.2, 0.25) is 5.91 Å². The predicted octanol–water partition coefficient (Wildman–Crippen LogP) is 4.40. The highest BCUT2D eigenvalue weighted by Gasteiger charge is 2.18. The molecule has 0 bridgehead atoms. The van der Waals surface area contributed by atoms with Gasteiger partial charge in [0.15, 0.2) is 0 Å². The summed E-state index contributed by atoms with van der Waals surface area (Å²) in [5, 5.41) is 8.85. The minimum atomic E-state index is -0.321. The fourth-order valence-electron chi connectivity index (χ4n) is 3.59. The molecule has 152 valence electrons. The largest absolute Gasteiger partial charge is 0.324 e. The van der Waals surface area contributed by atoms with Crippen LogP contribution < -0.4 is 10.9 Å². The summed E-state index contributed by atoms with van der Waals surface area (Å²) in [4.78, 5) is 25.6. The van der Waals surface area contributed by atoms with Crippen molar-refractivity contribution in [2.75, 3.05) is 5.32 Å². The van der Waals surface area contributed by atoms with E-state index >= 15 is 0 Å². The number of carbonyl (C=O) groups is 1. The van der Waals surface area contributed by atoms with Crippen molar-refractivity contribution in [3.8, 4) is 5.69 Å². The molecule has 6 nitrogen and oxygen atoms in total. The molecule has 0 atom stereocenters. The Kier molecular flexibility index (Phi) is 5.18. The summed E-state index contributed by atoms with van der Waals surface area (Å²) in [6, 6.07) is 16.3. The van der Waals surface area contributed by atoms with Crippen molar-refractivity contribution in [1.82, 2.24) is 14.3 Å². The third-order valence-electron chi connectivity index (χ3n) is 4.98. The molecule has 0 aliphatic carbocycles. The molecular formula is C23H21ClN4O2. The molecule has 2 aromatic carbocycles. The van der Waals surface area contributed by atoms with Crippen LogP contribution in [0.5, 0.6) is 0 Å². The molecule has 0 spiro atoms. The first-order valence-corrected chi connectivity index (χ1v) is 9.93. The van der Waals surface area contributed by atoms with Gasteiger partial charge in [0, 0.05) is 22.2 Å². The number of pyridine rings is 1. The van der Waals surface area contributed by atoms with Crippen LogP contribution in [0.25, 0.3) is 16.7 Å². The zero-order valence-corrected chi connectivity index (χ0v) is 17.7. The molecule has 7 heteroatoms. The van der Waals surface area contributed by atoms with Gasteiger partial charge in [0.1, 0.15) is 12.2 Å². The van der Waals surface area contributed by atoms with Crippen LogP contribution in [-0.4, -0.2) is 20.3 Å². The molecule has 0 unspecified atom stereocenters. The summed E-state index contributed by atoms with van der Waals surface area (Å²) in [6.07, 6.45) is 0. The van der Waals surface area contributed by atoms with E-state index in [0.717, 1.165) is 27.9 Å². The van der Waals surface area contributed by atoms with Crippen LogP contribution in [0, 0.1) is 20.8 Å². The molecule has 30 heavy (non-hydrogen) atoms. The SMILES string of the molecule is Cc1ccc(-n2nc(C)c3c(C)cc(=O)n(CC(=O)Nc4cccc(Cl)c4)c32)cc1. The Morgan fingerprint density at radius 3 is 2.50 bits per heavy atom. The van der Waals surface area contributed by atoms with Crippen molar-refractivity contribution < 1.29 is 4.79 Å². The van der Waals surface area contributed by atoms with Crippen LogP contribution in [0.1, 0.15) is 16.8 Å². The average Bonchev–Trinajstić information content (AvgIpc) is 3.03. The van der Waals surface area contributed by atoms with Gasteiger partial charge < -0.3 is 5.32 Å². The standard InChI is InChI=1S/C23H21ClN4O2/c1-14-7-9-19(10-8-14)28-23-22(16(3)26-28)15(2)11-21(30)27(23)13-20(29)25-18-6-4-5-17(24)12-18/h4-12H,13H2,1-3H3,(H,25,29). The lowest BCUT2D eigenvalue weighted by atomic mass is 10.1. The molecule has 2 aromatic heterocycles. The van der Waals surface area contributed by atoms with Crippen LogP contribution in [0.2, 0.25) is 5.02 Å². The van der Waals surface area contributed by atoms with Gasteiger partial charge in [-0.25, -0.2) is 4.68 Å². The van der Waals surface area contributed by atoms with Gasteiger partial charge in [-0.05, 0) is 56.7 Å². The molecule has 0 saturated heterocycles. The number of hydrogen-bond acceptors (Lipinski definition) is 3. The van der Waals surface area contributed by atoms with E-state index < -0.39 is 0 Å². The second-order valence-corrected chi connectivity index (χ2v) is 7.78. The Hall–Kier alpha value is -3.38. The van der Waals surface area contributed by atoms with E-state index in [2.05, 4.69) is 10.4 Å². The highest BCUT2D eigenvalue weighted by Crippen LogP contribution is 2.24. The maximum Gasteiger partial charge on any atom is 0.252 e. The number of amides is 1. The smallest absolute Gasteiger partial charge is 0.252 e. The second-order valence-electron chi connectivity index (χ2n) is 7.34. The minimum Gasteiger partial charge on any atom is -0.324 e. The quantitative estimate of drug-likeness (QED) is 0.531. The fraction of sp³-hybridized carbons (Fsp3) is 0.174. The van der Waals surface area contributed by atoms with Crippen LogP contribution in [0.3, 0.4) is 0 Å². The summed E-state index contributed by atoms with van der Waals surface area (Å²) in [5.41, 5.74) is 4.50. The van der Waals surface area contributed by atoms with Gasteiger partial charge in [-0.1, -0.05) is 35.4 Å². The number of rotatable bonds is 4. The zero-order valence-electron chi connectivity index (χ0n) is 16.9. The lowest BCUT2D eigenvalue weighted by Crippen LogP contribution is -2.29. The lowest BCUT2D eigenvalue weighted by Gasteiger charge is -2.13. The minimum absolute atomic E-state index is 0.140. The van der Waals surface area contributed by atoms with Crippen molar-refractivity contribution in [3.05, 3.63) is 86.8 Å². The number of halogens is 1. The summed E-state index contributed by atoms with van der Waals surface area (Å²) in [7, 11) is 0. The van der Waals surface area contributed by atoms with E-state index in [1.807, 2.05) is 45.0 Å². The highest BCUT2D eigenvalue weighted by atomic mass is 35.5. The Bertz CT molecular complexity index is 1320. The van der Waals surface area contributed by atoms with Crippen LogP contribution in [0.4, 0.5) is 5.69 Å². The first kappa shape index (κ1) is 19.9. The van der Waals surface area contributed by atoms with E-state index in [0.29, 0.717) is 16.4 Å². The molecule has 0 fully saturated rings. The Balaban J connectivity index is 1.82. The number of fused-ring (bicyclic) bond motifs is 1. The van der Waals surface area contributed by atoms with Gasteiger partial charge in [0.05, 0.1) is 11.4 Å². The molecule has 2 heterocycles. The third kappa shape index (κ3) is 3.74. The summed E-state index contributed by atoms with van der Waals surface area (Å²) in [6.45, 7) is 5.66. The second kappa shape index (κ2) is 7.80. The van der Waals surface area contributed by atoms with E-state index in [1.54, 1.807) is 35.0 Å². The molecule has 0 aliphatic rings. The van der Waals surface area contributed by atoms with Gasteiger partial charge in [0.25, 0.3) is 5.56 Å². The van der Waals surface area contributed by atoms with Gasteiger partial charge in [-0.15, -0.1) is 0 Å². The molecule has 1 N–H and O–H groups in total. The fourth-order valence-corrected chi connectivity index (χ4v) is 3.79. The number of nitrogens with one attached hydrogen (secondary N) is 1. The van der Waals surface area contributed by atoms with Gasteiger partial charge >= 0.3 is 0 Å². The van der Waals surface area contributed by atoms with Crippen molar-refractivity contribution in [3.63, 3.8) is 0 Å². The first-order chi connectivity index (χ1) is 14.3. The van der Waals surface area contributed by atoms with E-state index in [-0.39, 0.29) is 18.0 Å². The Labute approximate surface area is 178 Å². The van der Waals surface area contributed by atoms with E-state index in [1.165, 1.54) is 4.57 Å². The number of carbonyl (C=O) groups excluding carboxylic acids is 1. The summed E-state index contributed by atoms with van der Waals surface area (Å²) >= 11 is 5.99. The van der Waals surface area contributed by atoms with Crippen LogP contribution in [0.15, 0.2) is 59.4 Å². The number of hydrogen-bond donors (Lipinski definition) is 1. The summed E-state index contributed by atoms with van der Waals surface area (Å²) in [5.74, 6) is -0.321. The third-order valence-corrected chi connectivity index (χ3v) is 5.22. The number of aromatic nitrogens is 3. The Morgan fingerprint density at radius 1 is 1.07 bits per heavy atom. The molecule has 1 amide bonds. The molecular weight excluding hydrogens is 400 g/mol. The number of benzene rings is 2.